The third-order valence-electron chi connectivity index (χ3n) is 3.24. The minimum atomic E-state index is -0.854. The smallest absolute Gasteiger partial charge is 0.328 e. The molecule has 1 atom stereocenters. The predicted molar refractivity (Wildman–Crippen MR) is 88.3 cm³/mol. The van der Waals surface area contributed by atoms with E-state index < -0.39 is 17.9 Å². The van der Waals surface area contributed by atoms with Crippen molar-refractivity contribution >= 4 is 17.8 Å². The molecule has 0 saturated carbocycles. The van der Waals surface area contributed by atoms with Gasteiger partial charge in [-0.15, -0.1) is 0 Å². The Morgan fingerprint density at radius 3 is 2.46 bits per heavy atom. The Balaban J connectivity index is 2.70. The lowest BCUT2D eigenvalue weighted by Gasteiger charge is -2.18. The number of rotatable bonds is 9. The number of amides is 2. The Morgan fingerprint density at radius 2 is 1.88 bits per heavy atom. The molecule has 0 radical (unpaired) electrons. The van der Waals surface area contributed by atoms with Crippen molar-refractivity contribution in [2.45, 2.75) is 39.2 Å². The first-order chi connectivity index (χ1) is 11.4. The number of ether oxygens (including phenoxy) is 1. The lowest BCUT2D eigenvalue weighted by molar-refractivity contribution is -0.147. The highest BCUT2D eigenvalue weighted by atomic mass is 16.5. The summed E-state index contributed by atoms with van der Waals surface area (Å²) in [5, 5.41) is 14.3. The Hall–Kier alpha value is -2.57. The van der Waals surface area contributed by atoms with E-state index in [9.17, 15) is 19.5 Å². The Morgan fingerprint density at radius 1 is 1.21 bits per heavy atom. The second kappa shape index (κ2) is 10.3. The quantitative estimate of drug-likeness (QED) is 0.459. The zero-order chi connectivity index (χ0) is 17.9. The van der Waals surface area contributed by atoms with E-state index in [2.05, 4.69) is 10.6 Å². The van der Waals surface area contributed by atoms with Gasteiger partial charge in [-0.1, -0.05) is 25.5 Å². The summed E-state index contributed by atoms with van der Waals surface area (Å²) in [4.78, 5) is 34.9. The van der Waals surface area contributed by atoms with Crippen LogP contribution in [-0.4, -0.2) is 42.1 Å². The number of phenolic OH excluding ortho intramolecular Hbond substituents is 1. The lowest BCUT2D eigenvalue weighted by Crippen LogP contribution is -2.47. The van der Waals surface area contributed by atoms with Crippen molar-refractivity contribution < 1.29 is 24.2 Å². The fraction of sp³-hybridized carbons (Fsp3) is 0.471. The summed E-state index contributed by atoms with van der Waals surface area (Å²) in [6, 6.07) is 5.50. The lowest BCUT2D eigenvalue weighted by atomic mass is 10.1. The summed E-state index contributed by atoms with van der Waals surface area (Å²) in [6.07, 6.45) is 1.87. The van der Waals surface area contributed by atoms with E-state index >= 15 is 0 Å². The van der Waals surface area contributed by atoms with E-state index in [1.165, 1.54) is 19.1 Å². The van der Waals surface area contributed by atoms with Crippen molar-refractivity contribution in [2.24, 2.45) is 0 Å². The van der Waals surface area contributed by atoms with E-state index in [4.69, 9.17) is 4.74 Å². The van der Waals surface area contributed by atoms with Crippen LogP contribution < -0.4 is 10.6 Å². The van der Waals surface area contributed by atoms with Crippen LogP contribution in [0.1, 0.15) is 32.3 Å². The van der Waals surface area contributed by atoms with Gasteiger partial charge in [0.05, 0.1) is 13.2 Å². The first kappa shape index (κ1) is 19.5. The van der Waals surface area contributed by atoms with Crippen molar-refractivity contribution in [3.8, 4) is 5.75 Å². The van der Waals surface area contributed by atoms with Gasteiger partial charge in [0.1, 0.15) is 11.8 Å². The number of benzene rings is 1. The molecule has 0 aliphatic rings. The number of aromatic hydroxyl groups is 1. The van der Waals surface area contributed by atoms with Crippen LogP contribution in [0.15, 0.2) is 24.3 Å². The van der Waals surface area contributed by atoms with E-state index in [0.717, 1.165) is 18.4 Å². The van der Waals surface area contributed by atoms with Gasteiger partial charge in [-0.2, -0.15) is 0 Å². The highest BCUT2D eigenvalue weighted by Gasteiger charge is 2.22. The Kier molecular flexibility index (Phi) is 8.32. The molecule has 1 aromatic carbocycles. The second-order valence-electron chi connectivity index (χ2n) is 5.42. The maximum absolute atomic E-state index is 12.2. The van der Waals surface area contributed by atoms with Gasteiger partial charge in [0.25, 0.3) is 0 Å². The fourth-order valence-corrected chi connectivity index (χ4v) is 1.93. The molecule has 2 amide bonds. The molecule has 132 valence electrons. The largest absolute Gasteiger partial charge is 0.508 e. The average Bonchev–Trinajstić information content (AvgIpc) is 2.54. The van der Waals surface area contributed by atoms with Crippen LogP contribution in [0.2, 0.25) is 0 Å². The highest BCUT2D eigenvalue weighted by molar-refractivity contribution is 5.88. The number of hydrogen-bond acceptors (Lipinski definition) is 5. The molecule has 0 aliphatic heterocycles. The number of hydrogen-bond donors (Lipinski definition) is 3. The van der Waals surface area contributed by atoms with Crippen LogP contribution in [0.25, 0.3) is 0 Å². The van der Waals surface area contributed by atoms with Gasteiger partial charge < -0.3 is 20.5 Å². The zero-order valence-corrected chi connectivity index (χ0v) is 14.0. The average molecular weight is 336 g/mol. The number of phenols is 1. The van der Waals surface area contributed by atoms with E-state index in [1.54, 1.807) is 12.1 Å². The van der Waals surface area contributed by atoms with E-state index in [-0.39, 0.29) is 24.6 Å². The van der Waals surface area contributed by atoms with Crippen molar-refractivity contribution in [3.05, 3.63) is 29.8 Å². The minimum absolute atomic E-state index is 0.121. The van der Waals surface area contributed by atoms with Crippen molar-refractivity contribution in [2.75, 3.05) is 13.2 Å². The molecule has 7 heteroatoms. The van der Waals surface area contributed by atoms with Crippen LogP contribution in [0, 0.1) is 0 Å². The second-order valence-corrected chi connectivity index (χ2v) is 5.42. The van der Waals surface area contributed by atoms with Crippen LogP contribution >= 0.6 is 0 Å². The number of nitrogens with one attached hydrogen (secondary N) is 2. The molecule has 0 fully saturated rings. The first-order valence-corrected chi connectivity index (χ1v) is 7.90. The van der Waals surface area contributed by atoms with Crippen LogP contribution in [-0.2, 0) is 25.5 Å². The molecule has 3 N–H and O–H groups in total. The van der Waals surface area contributed by atoms with Gasteiger partial charge in [-0.3, -0.25) is 9.59 Å². The van der Waals surface area contributed by atoms with Gasteiger partial charge in [-0.25, -0.2) is 4.79 Å². The van der Waals surface area contributed by atoms with Crippen molar-refractivity contribution in [3.63, 3.8) is 0 Å². The third-order valence-corrected chi connectivity index (χ3v) is 3.24. The number of carbonyl (C=O) groups is 3. The molecular weight excluding hydrogens is 312 g/mol. The molecule has 0 spiro atoms. The molecule has 0 heterocycles. The maximum atomic E-state index is 12.2. The molecule has 7 nitrogen and oxygen atoms in total. The zero-order valence-electron chi connectivity index (χ0n) is 14.0. The van der Waals surface area contributed by atoms with Crippen molar-refractivity contribution in [1.29, 1.82) is 0 Å². The number of carbonyl (C=O) groups excluding carboxylic acids is 3. The summed E-state index contributed by atoms with van der Waals surface area (Å²) < 4.78 is 5.18. The highest BCUT2D eigenvalue weighted by Crippen LogP contribution is 2.12. The van der Waals surface area contributed by atoms with Gasteiger partial charge in [0.2, 0.25) is 11.8 Å². The molecule has 1 unspecified atom stereocenters. The Labute approximate surface area is 141 Å². The number of unbranched alkanes of at least 4 members (excludes halogenated alkanes) is 1. The number of esters is 1. The summed E-state index contributed by atoms with van der Waals surface area (Å²) >= 11 is 0. The van der Waals surface area contributed by atoms with Crippen LogP contribution in [0.4, 0.5) is 0 Å². The topological polar surface area (TPSA) is 105 Å². The summed E-state index contributed by atoms with van der Waals surface area (Å²) in [7, 11) is 0. The molecule has 0 aromatic heterocycles. The van der Waals surface area contributed by atoms with E-state index in [0.29, 0.717) is 6.61 Å². The molecule has 0 aliphatic carbocycles. The maximum Gasteiger partial charge on any atom is 0.328 e. The predicted octanol–water partition coefficient (Wildman–Crippen LogP) is 0.899. The summed E-state index contributed by atoms with van der Waals surface area (Å²) in [5.74, 6) is -1.20. The molecule has 1 rings (SSSR count). The molecule has 1 aromatic rings. The SMILES string of the molecule is CCCCOC(=O)C(Cc1ccc(O)cc1)NC(=O)CNC(C)=O. The molecular formula is C17H24N2O5. The first-order valence-electron chi connectivity index (χ1n) is 7.90. The van der Waals surface area contributed by atoms with Crippen molar-refractivity contribution in [1.82, 2.24) is 10.6 Å². The molecule has 24 heavy (non-hydrogen) atoms. The molecule has 0 saturated heterocycles. The Bertz CT molecular complexity index is 557. The normalized spacial score (nSPS) is 11.4. The van der Waals surface area contributed by atoms with Gasteiger partial charge in [0.15, 0.2) is 0 Å². The van der Waals surface area contributed by atoms with E-state index in [1.807, 2.05) is 6.92 Å². The van der Waals surface area contributed by atoms with Gasteiger partial charge in [-0.05, 0) is 24.1 Å². The summed E-state index contributed by atoms with van der Waals surface area (Å²) in [5.41, 5.74) is 0.769. The van der Waals surface area contributed by atoms with Gasteiger partial charge in [0, 0.05) is 13.3 Å². The minimum Gasteiger partial charge on any atom is -0.508 e. The fourth-order valence-electron chi connectivity index (χ4n) is 1.93. The monoisotopic (exact) mass is 336 g/mol. The third kappa shape index (κ3) is 7.62. The standard InChI is InChI=1S/C17H24N2O5/c1-3-4-9-24-17(23)15(19-16(22)11-18-12(2)20)10-13-5-7-14(21)8-6-13/h5-8,15,21H,3-4,9-11H2,1-2H3,(H,18,20)(H,19,22). The van der Waals surface area contributed by atoms with Crippen LogP contribution in [0.5, 0.6) is 5.75 Å². The van der Waals surface area contributed by atoms with Gasteiger partial charge >= 0.3 is 5.97 Å². The molecule has 0 bridgehead atoms. The van der Waals surface area contributed by atoms with Crippen LogP contribution in [0.3, 0.4) is 0 Å². The summed E-state index contributed by atoms with van der Waals surface area (Å²) in [6.45, 7) is 3.38.